The van der Waals surface area contributed by atoms with Gasteiger partial charge in [-0.2, -0.15) is 0 Å². The highest BCUT2D eigenvalue weighted by molar-refractivity contribution is 7.91. The SMILES string of the molecule is CCO[C@H]1CC[C@H](CN2Cc3cc(C(=O)N[C@@H](CCO)c4ccc(S(=O)(=O)CC)cc4)ccc3[C@@H]2C(C)C)CC1. The average molecular weight is 571 g/mol. The molecule has 0 radical (unpaired) electrons. The molecule has 4 rings (SSSR count). The molecule has 2 aromatic carbocycles. The van der Waals surface area contributed by atoms with Gasteiger partial charge in [-0.3, -0.25) is 9.69 Å². The zero-order valence-corrected chi connectivity index (χ0v) is 25.3. The largest absolute Gasteiger partial charge is 0.396 e. The van der Waals surface area contributed by atoms with Crippen molar-refractivity contribution in [1.29, 1.82) is 0 Å². The van der Waals surface area contributed by atoms with Crippen molar-refractivity contribution < 1.29 is 23.1 Å². The maximum absolute atomic E-state index is 13.4. The van der Waals surface area contributed by atoms with Crippen LogP contribution in [-0.4, -0.2) is 55.9 Å². The van der Waals surface area contributed by atoms with Gasteiger partial charge >= 0.3 is 0 Å². The van der Waals surface area contributed by atoms with Gasteiger partial charge < -0.3 is 15.2 Å². The van der Waals surface area contributed by atoms with Gasteiger partial charge in [-0.1, -0.05) is 39.0 Å². The number of sulfone groups is 1. The fourth-order valence-electron chi connectivity index (χ4n) is 6.46. The molecule has 1 amide bonds. The van der Waals surface area contributed by atoms with Crippen LogP contribution in [0.15, 0.2) is 47.4 Å². The summed E-state index contributed by atoms with van der Waals surface area (Å²) in [6, 6.07) is 12.6. The Balaban J connectivity index is 1.45. The molecule has 0 unspecified atom stereocenters. The van der Waals surface area contributed by atoms with Crippen LogP contribution in [0.2, 0.25) is 0 Å². The van der Waals surface area contributed by atoms with Crippen LogP contribution < -0.4 is 5.32 Å². The van der Waals surface area contributed by atoms with Crippen LogP contribution in [-0.2, 0) is 21.1 Å². The third-order valence-electron chi connectivity index (χ3n) is 8.56. The lowest BCUT2D eigenvalue weighted by Gasteiger charge is -2.35. The van der Waals surface area contributed by atoms with E-state index in [2.05, 4.69) is 37.1 Å². The first-order valence-corrected chi connectivity index (χ1v) is 16.5. The Morgan fingerprint density at radius 2 is 1.77 bits per heavy atom. The molecule has 0 aromatic heterocycles. The molecule has 40 heavy (non-hydrogen) atoms. The fourth-order valence-corrected chi connectivity index (χ4v) is 7.34. The van der Waals surface area contributed by atoms with E-state index in [1.54, 1.807) is 31.2 Å². The van der Waals surface area contributed by atoms with E-state index >= 15 is 0 Å². The zero-order chi connectivity index (χ0) is 28.9. The number of fused-ring (bicyclic) bond motifs is 1. The van der Waals surface area contributed by atoms with Crippen LogP contribution in [0.4, 0.5) is 0 Å². The van der Waals surface area contributed by atoms with Gasteiger partial charge in [0.15, 0.2) is 9.84 Å². The number of amides is 1. The van der Waals surface area contributed by atoms with Crippen molar-refractivity contribution in [2.45, 2.75) is 89.4 Å². The van der Waals surface area contributed by atoms with Crippen molar-refractivity contribution in [1.82, 2.24) is 10.2 Å². The molecule has 0 spiro atoms. The van der Waals surface area contributed by atoms with Gasteiger partial charge in [0.25, 0.3) is 5.91 Å². The highest BCUT2D eigenvalue weighted by atomic mass is 32.2. The number of aliphatic hydroxyl groups excluding tert-OH is 1. The predicted octanol–water partition coefficient (Wildman–Crippen LogP) is 5.44. The number of carbonyl (C=O) groups excluding carboxylic acids is 1. The molecule has 1 aliphatic heterocycles. The maximum atomic E-state index is 13.4. The van der Waals surface area contributed by atoms with Crippen LogP contribution in [0.1, 0.15) is 98.9 Å². The minimum absolute atomic E-state index is 0.0333. The minimum Gasteiger partial charge on any atom is -0.396 e. The van der Waals surface area contributed by atoms with Gasteiger partial charge in [-0.25, -0.2) is 8.42 Å². The summed E-state index contributed by atoms with van der Waals surface area (Å²) in [5.74, 6) is 0.980. The highest BCUT2D eigenvalue weighted by Gasteiger charge is 2.35. The fraction of sp³-hybridized carbons (Fsp3) is 0.594. The normalized spacial score (nSPS) is 22.3. The Kier molecular flexibility index (Phi) is 10.4. The molecular formula is C32H46N2O5S. The molecule has 7 nitrogen and oxygen atoms in total. The summed E-state index contributed by atoms with van der Waals surface area (Å²) in [6.45, 7) is 10.8. The first-order valence-electron chi connectivity index (χ1n) is 14.9. The van der Waals surface area contributed by atoms with E-state index in [4.69, 9.17) is 4.74 Å². The van der Waals surface area contributed by atoms with Crippen molar-refractivity contribution in [3.63, 3.8) is 0 Å². The van der Waals surface area contributed by atoms with E-state index in [0.29, 0.717) is 36.0 Å². The number of benzene rings is 2. The van der Waals surface area contributed by atoms with Crippen LogP contribution >= 0.6 is 0 Å². The van der Waals surface area contributed by atoms with E-state index in [-0.39, 0.29) is 23.2 Å². The second-order valence-electron chi connectivity index (χ2n) is 11.6. The lowest BCUT2D eigenvalue weighted by molar-refractivity contribution is 0.0175. The van der Waals surface area contributed by atoms with Gasteiger partial charge in [0, 0.05) is 37.9 Å². The summed E-state index contributed by atoms with van der Waals surface area (Å²) in [5.41, 5.74) is 3.90. The van der Waals surface area contributed by atoms with E-state index in [0.717, 1.165) is 38.1 Å². The third-order valence-corrected chi connectivity index (χ3v) is 10.3. The smallest absolute Gasteiger partial charge is 0.251 e. The van der Waals surface area contributed by atoms with Gasteiger partial charge in [-0.15, -0.1) is 0 Å². The summed E-state index contributed by atoms with van der Waals surface area (Å²) in [7, 11) is -3.30. The van der Waals surface area contributed by atoms with Gasteiger partial charge in [0.1, 0.15) is 0 Å². The number of ether oxygens (including phenoxy) is 1. The standard InChI is InChI=1S/C32H46N2O5S/c1-5-39-27-12-7-23(8-13-27)20-34-21-26-19-25(11-16-29(26)31(34)22(3)4)32(36)33-30(17-18-35)24-9-14-28(15-10-24)40(37,38)6-2/h9-11,14-16,19,22-23,27,30-31,35H,5-8,12-13,17-18,20-21H2,1-4H3,(H,33,36)/t23-,27-,30-,31-/m0/s1. The Bertz CT molecular complexity index is 1240. The van der Waals surface area contributed by atoms with E-state index < -0.39 is 15.9 Å². The van der Waals surface area contributed by atoms with Crippen LogP contribution in [0.5, 0.6) is 0 Å². The number of hydrogen-bond acceptors (Lipinski definition) is 6. The molecule has 2 aromatic rings. The van der Waals surface area contributed by atoms with Crippen molar-refractivity contribution in [2.24, 2.45) is 11.8 Å². The monoisotopic (exact) mass is 570 g/mol. The molecule has 220 valence electrons. The Morgan fingerprint density at radius 3 is 2.38 bits per heavy atom. The van der Waals surface area contributed by atoms with Crippen molar-refractivity contribution in [2.75, 3.05) is 25.5 Å². The molecule has 0 bridgehead atoms. The lowest BCUT2D eigenvalue weighted by atomic mass is 9.86. The molecule has 1 fully saturated rings. The van der Waals surface area contributed by atoms with Crippen LogP contribution in [0.3, 0.4) is 0 Å². The molecular weight excluding hydrogens is 524 g/mol. The number of nitrogens with zero attached hydrogens (tertiary/aromatic N) is 1. The summed E-state index contributed by atoms with van der Waals surface area (Å²) < 4.78 is 30.2. The summed E-state index contributed by atoms with van der Waals surface area (Å²) in [4.78, 5) is 16.2. The van der Waals surface area contributed by atoms with E-state index in [9.17, 15) is 18.3 Å². The average Bonchev–Trinajstić information content (AvgIpc) is 3.31. The van der Waals surface area contributed by atoms with Crippen molar-refractivity contribution in [3.8, 4) is 0 Å². The second kappa shape index (κ2) is 13.6. The maximum Gasteiger partial charge on any atom is 0.251 e. The molecule has 2 aliphatic rings. The number of hydrogen-bond donors (Lipinski definition) is 2. The topological polar surface area (TPSA) is 95.9 Å². The number of nitrogens with one attached hydrogen (secondary N) is 1. The van der Waals surface area contributed by atoms with Crippen LogP contribution in [0, 0.1) is 11.8 Å². The molecule has 1 aliphatic carbocycles. The second-order valence-corrected chi connectivity index (χ2v) is 13.9. The lowest BCUT2D eigenvalue weighted by Crippen LogP contribution is -2.33. The first kappa shape index (κ1) is 30.7. The number of aliphatic hydroxyl groups is 1. The molecule has 1 saturated carbocycles. The van der Waals surface area contributed by atoms with Gasteiger partial charge in [0.05, 0.1) is 22.8 Å². The van der Waals surface area contributed by atoms with E-state index in [1.807, 2.05) is 12.1 Å². The predicted molar refractivity (Wildman–Crippen MR) is 158 cm³/mol. The molecule has 0 saturated heterocycles. The van der Waals surface area contributed by atoms with Crippen LogP contribution in [0.25, 0.3) is 0 Å². The summed E-state index contributed by atoms with van der Waals surface area (Å²) in [5, 5.41) is 12.7. The van der Waals surface area contributed by atoms with Crippen molar-refractivity contribution in [3.05, 3.63) is 64.7 Å². The molecule has 8 heteroatoms. The first-order chi connectivity index (χ1) is 19.2. The van der Waals surface area contributed by atoms with Gasteiger partial charge in [-0.05, 0) is 91.8 Å². The van der Waals surface area contributed by atoms with Gasteiger partial charge in [0.2, 0.25) is 0 Å². The Morgan fingerprint density at radius 1 is 1.07 bits per heavy atom. The molecule has 1 heterocycles. The van der Waals surface area contributed by atoms with E-state index in [1.165, 1.54) is 24.0 Å². The molecule has 2 atom stereocenters. The minimum atomic E-state index is -3.30. The number of carbonyl (C=O) groups is 1. The zero-order valence-electron chi connectivity index (χ0n) is 24.4. The quantitative estimate of drug-likeness (QED) is 0.353. The van der Waals surface area contributed by atoms with Crippen molar-refractivity contribution >= 4 is 15.7 Å². The number of rotatable bonds is 12. The summed E-state index contributed by atoms with van der Waals surface area (Å²) >= 11 is 0. The highest BCUT2D eigenvalue weighted by Crippen LogP contribution is 2.41. The summed E-state index contributed by atoms with van der Waals surface area (Å²) in [6.07, 6.45) is 5.44. The Labute approximate surface area is 240 Å². The third kappa shape index (κ3) is 7.14. The molecule has 2 N–H and O–H groups in total. The Hall–Kier alpha value is -2.26.